The summed E-state index contributed by atoms with van der Waals surface area (Å²) in [4.78, 5) is 28.5. The van der Waals surface area contributed by atoms with E-state index in [-0.39, 0.29) is 24.9 Å². The summed E-state index contributed by atoms with van der Waals surface area (Å²) in [5, 5.41) is 12.1. The van der Waals surface area contributed by atoms with Crippen LogP contribution in [0.25, 0.3) is 0 Å². The fraction of sp³-hybridized carbons (Fsp3) is 0.636. The number of halogens is 5. The number of alkyl halides is 5. The molecule has 1 aromatic rings. The molecule has 2 heterocycles. The van der Waals surface area contributed by atoms with E-state index in [1.165, 1.54) is 0 Å². The molecule has 11 heteroatoms. The highest BCUT2D eigenvalue weighted by atomic mass is 19.4. The van der Waals surface area contributed by atoms with Crippen molar-refractivity contribution in [3.05, 3.63) is 34.9 Å². The number of aliphatic hydroxyl groups excluding tert-OH is 1. The zero-order valence-corrected chi connectivity index (χ0v) is 18.3. The number of benzene rings is 1. The van der Waals surface area contributed by atoms with Gasteiger partial charge in [-0.3, -0.25) is 14.5 Å². The first kappa shape index (κ1) is 25.4. The number of piperidine rings is 1. The minimum Gasteiger partial charge on any atom is -0.392 e. The van der Waals surface area contributed by atoms with E-state index in [1.54, 1.807) is 4.90 Å². The molecule has 0 bridgehead atoms. The van der Waals surface area contributed by atoms with Gasteiger partial charge in [-0.05, 0) is 43.4 Å². The average Bonchev–Trinajstić information content (AvgIpc) is 3.15. The minimum atomic E-state index is -4.86. The van der Waals surface area contributed by atoms with Crippen molar-refractivity contribution >= 4 is 11.8 Å². The van der Waals surface area contributed by atoms with Crippen LogP contribution in [0.3, 0.4) is 0 Å². The maximum atomic E-state index is 13.6. The lowest BCUT2D eigenvalue weighted by Crippen LogP contribution is -2.45. The molecule has 6 nitrogen and oxygen atoms in total. The number of rotatable bonds is 6. The number of nitrogens with one attached hydrogen (secondary N) is 1. The Hall–Kier alpha value is -2.27. The molecule has 0 aromatic heterocycles. The third-order valence-corrected chi connectivity index (χ3v) is 6.15. The summed E-state index contributed by atoms with van der Waals surface area (Å²) in [6.45, 7) is 3.04. The molecule has 184 valence electrons. The number of likely N-dealkylation sites (tertiary alicyclic amines) is 2. The first-order valence-electron chi connectivity index (χ1n) is 10.9. The molecule has 1 aromatic carbocycles. The van der Waals surface area contributed by atoms with Crippen LogP contribution in [0.15, 0.2) is 18.2 Å². The molecule has 0 spiro atoms. The first-order chi connectivity index (χ1) is 15.3. The summed E-state index contributed by atoms with van der Waals surface area (Å²) in [5.74, 6) is -4.38. The van der Waals surface area contributed by atoms with E-state index in [1.807, 2.05) is 4.90 Å². The molecule has 0 aliphatic carbocycles. The number of carbonyl (C=O) groups is 2. The second-order valence-electron chi connectivity index (χ2n) is 8.90. The van der Waals surface area contributed by atoms with Gasteiger partial charge in [-0.15, -0.1) is 0 Å². The van der Waals surface area contributed by atoms with Crippen molar-refractivity contribution < 1.29 is 36.6 Å². The average molecular weight is 477 g/mol. The molecular weight excluding hydrogens is 449 g/mol. The zero-order valence-electron chi connectivity index (χ0n) is 18.3. The quantitative estimate of drug-likeness (QED) is 0.619. The lowest BCUT2D eigenvalue weighted by Gasteiger charge is -2.33. The summed E-state index contributed by atoms with van der Waals surface area (Å²) in [6, 6.07) is 1.70. The molecule has 2 fully saturated rings. The van der Waals surface area contributed by atoms with Crippen LogP contribution in [-0.4, -0.2) is 72.1 Å². The van der Waals surface area contributed by atoms with Gasteiger partial charge in [0, 0.05) is 50.8 Å². The van der Waals surface area contributed by atoms with E-state index >= 15 is 0 Å². The van der Waals surface area contributed by atoms with E-state index in [2.05, 4.69) is 5.32 Å². The molecule has 0 radical (unpaired) electrons. The maximum Gasteiger partial charge on any atom is 0.416 e. The van der Waals surface area contributed by atoms with Crippen LogP contribution in [0.5, 0.6) is 0 Å². The van der Waals surface area contributed by atoms with Crippen molar-refractivity contribution in [2.45, 2.75) is 44.4 Å². The fourth-order valence-corrected chi connectivity index (χ4v) is 4.15. The zero-order chi connectivity index (χ0) is 24.4. The standard InChI is InChI=1S/C22H28F5N3O3/c1-21(23,24)16-8-15(9-17(10-16)22(25,26)27)20(33)28-11-14-2-6-30(7-3-14)19(32)13-29-5-4-18(31)12-29/h8-10,14,18,31H,2-7,11-13H2,1H3,(H,28,33). The van der Waals surface area contributed by atoms with Crippen molar-refractivity contribution in [3.63, 3.8) is 0 Å². The Morgan fingerprint density at radius 1 is 1.03 bits per heavy atom. The first-order valence-corrected chi connectivity index (χ1v) is 10.9. The van der Waals surface area contributed by atoms with Crippen molar-refractivity contribution in [3.8, 4) is 0 Å². The van der Waals surface area contributed by atoms with Crippen LogP contribution >= 0.6 is 0 Å². The van der Waals surface area contributed by atoms with Crippen LogP contribution in [-0.2, 0) is 16.9 Å². The number of β-amino-alcohol motifs (C(OH)–C–C–N with tert-alkyl or cyclic N) is 1. The van der Waals surface area contributed by atoms with E-state index < -0.39 is 40.8 Å². The van der Waals surface area contributed by atoms with Gasteiger partial charge in [-0.2, -0.15) is 13.2 Å². The number of amides is 2. The van der Waals surface area contributed by atoms with Gasteiger partial charge < -0.3 is 15.3 Å². The van der Waals surface area contributed by atoms with Crippen LogP contribution < -0.4 is 5.32 Å². The number of nitrogens with zero attached hydrogens (tertiary/aromatic N) is 2. The Kier molecular flexibility index (Phi) is 7.62. The van der Waals surface area contributed by atoms with E-state index in [0.717, 1.165) is 6.07 Å². The monoisotopic (exact) mass is 477 g/mol. The summed E-state index contributed by atoms with van der Waals surface area (Å²) in [5.41, 5.74) is -2.65. The molecule has 0 saturated carbocycles. The molecular formula is C22H28F5N3O3. The highest BCUT2D eigenvalue weighted by molar-refractivity contribution is 5.94. The highest BCUT2D eigenvalue weighted by Gasteiger charge is 2.35. The van der Waals surface area contributed by atoms with Crippen molar-refractivity contribution in [1.82, 2.24) is 15.1 Å². The number of carbonyl (C=O) groups excluding carboxylic acids is 2. The van der Waals surface area contributed by atoms with E-state index in [4.69, 9.17) is 0 Å². The summed E-state index contributed by atoms with van der Waals surface area (Å²) in [7, 11) is 0. The predicted molar refractivity (Wildman–Crippen MR) is 110 cm³/mol. The fourth-order valence-electron chi connectivity index (χ4n) is 4.15. The highest BCUT2D eigenvalue weighted by Crippen LogP contribution is 2.35. The number of hydrogen-bond donors (Lipinski definition) is 2. The molecule has 2 amide bonds. The van der Waals surface area contributed by atoms with Gasteiger partial charge in [0.2, 0.25) is 5.91 Å². The van der Waals surface area contributed by atoms with Gasteiger partial charge in [0.25, 0.3) is 11.8 Å². The Balaban J connectivity index is 1.53. The molecule has 2 aliphatic heterocycles. The predicted octanol–water partition coefficient (Wildman–Crippen LogP) is 2.85. The largest absolute Gasteiger partial charge is 0.416 e. The Bertz CT molecular complexity index is 832. The third kappa shape index (κ3) is 6.86. The Morgan fingerprint density at radius 2 is 1.67 bits per heavy atom. The second-order valence-corrected chi connectivity index (χ2v) is 8.90. The van der Waals surface area contributed by atoms with Crippen molar-refractivity contribution in [2.75, 3.05) is 39.3 Å². The van der Waals surface area contributed by atoms with Crippen molar-refractivity contribution in [2.24, 2.45) is 5.92 Å². The normalized spacial score (nSPS) is 20.8. The third-order valence-electron chi connectivity index (χ3n) is 6.15. The molecule has 2 saturated heterocycles. The lowest BCUT2D eigenvalue weighted by molar-refractivity contribution is -0.138. The smallest absolute Gasteiger partial charge is 0.392 e. The molecule has 33 heavy (non-hydrogen) atoms. The Labute approximate surface area is 188 Å². The molecule has 1 atom stereocenters. The molecule has 3 rings (SSSR count). The van der Waals surface area contributed by atoms with Gasteiger partial charge in [-0.25, -0.2) is 8.78 Å². The van der Waals surface area contributed by atoms with E-state index in [0.29, 0.717) is 64.5 Å². The van der Waals surface area contributed by atoms with Crippen LogP contribution in [0.2, 0.25) is 0 Å². The van der Waals surface area contributed by atoms with Gasteiger partial charge in [-0.1, -0.05) is 0 Å². The summed E-state index contributed by atoms with van der Waals surface area (Å²) >= 11 is 0. The van der Waals surface area contributed by atoms with Crippen molar-refractivity contribution in [1.29, 1.82) is 0 Å². The number of hydrogen-bond acceptors (Lipinski definition) is 4. The van der Waals surface area contributed by atoms with Gasteiger partial charge in [0.05, 0.1) is 18.2 Å². The SMILES string of the molecule is CC(F)(F)c1cc(C(=O)NCC2CCN(C(=O)CN3CCC(O)C3)CC2)cc(C(F)(F)F)c1. The van der Waals surface area contributed by atoms with Gasteiger partial charge in [0.1, 0.15) is 0 Å². The summed E-state index contributed by atoms with van der Waals surface area (Å²) in [6.07, 6.45) is -3.39. The molecule has 2 aliphatic rings. The van der Waals surface area contributed by atoms with Gasteiger partial charge >= 0.3 is 6.18 Å². The van der Waals surface area contributed by atoms with E-state index in [9.17, 15) is 36.6 Å². The lowest BCUT2D eigenvalue weighted by atomic mass is 9.96. The summed E-state index contributed by atoms with van der Waals surface area (Å²) < 4.78 is 66.6. The Morgan fingerprint density at radius 3 is 2.21 bits per heavy atom. The number of aliphatic hydroxyl groups is 1. The second kappa shape index (κ2) is 9.92. The topological polar surface area (TPSA) is 72.9 Å². The van der Waals surface area contributed by atoms with Crippen LogP contribution in [0.4, 0.5) is 22.0 Å². The maximum absolute atomic E-state index is 13.6. The molecule has 2 N–H and O–H groups in total. The minimum absolute atomic E-state index is 0.0181. The molecule has 1 unspecified atom stereocenters. The van der Waals surface area contributed by atoms with Crippen LogP contribution in [0, 0.1) is 5.92 Å². The van der Waals surface area contributed by atoms with Crippen LogP contribution in [0.1, 0.15) is 47.7 Å². The van der Waals surface area contributed by atoms with Gasteiger partial charge in [0.15, 0.2) is 0 Å².